The molecule has 0 spiro atoms. The summed E-state index contributed by atoms with van der Waals surface area (Å²) < 4.78 is 1.62. The van der Waals surface area contributed by atoms with Crippen LogP contribution in [-0.4, -0.2) is 42.8 Å². The van der Waals surface area contributed by atoms with Gasteiger partial charge in [-0.15, -0.1) is 5.10 Å². The highest BCUT2D eigenvalue weighted by atomic mass is 16.6. The highest BCUT2D eigenvalue weighted by Crippen LogP contribution is 2.28. The number of imide groups is 1. The van der Waals surface area contributed by atoms with Crippen LogP contribution in [0.1, 0.15) is 64.3 Å². The summed E-state index contributed by atoms with van der Waals surface area (Å²) >= 11 is 0. The summed E-state index contributed by atoms with van der Waals surface area (Å²) in [6.45, 7) is 1.90. The number of oxime groups is 1. The Morgan fingerprint density at radius 2 is 1.76 bits per heavy atom. The molecule has 0 bridgehead atoms. The first kappa shape index (κ1) is 20.9. The lowest BCUT2D eigenvalue weighted by Crippen LogP contribution is -2.30. The smallest absolute Gasteiger partial charge is 0.267 e. The number of amides is 2. The molecule has 1 aromatic carbocycles. The molecule has 5 rings (SSSR count). The minimum Gasteiger partial charge on any atom is -0.388 e. The monoisotopic (exact) mass is 445 g/mol. The molecule has 1 aliphatic carbocycles. The van der Waals surface area contributed by atoms with Gasteiger partial charge in [0.15, 0.2) is 18.3 Å². The number of benzene rings is 1. The fourth-order valence-corrected chi connectivity index (χ4v) is 4.32. The zero-order valence-electron chi connectivity index (χ0n) is 18.2. The van der Waals surface area contributed by atoms with Crippen LogP contribution in [-0.2, 0) is 11.4 Å². The van der Waals surface area contributed by atoms with Crippen molar-refractivity contribution in [1.82, 2.24) is 25.2 Å². The Hall–Kier alpha value is -3.95. The fraction of sp³-hybridized carbons (Fsp3) is 0.348. The third-order valence-corrected chi connectivity index (χ3v) is 6.00. The number of anilines is 1. The van der Waals surface area contributed by atoms with Crippen molar-refractivity contribution in [2.75, 3.05) is 4.90 Å². The van der Waals surface area contributed by atoms with E-state index in [1.807, 2.05) is 6.92 Å². The number of fused-ring (bicyclic) bond motifs is 1. The molecule has 33 heavy (non-hydrogen) atoms. The van der Waals surface area contributed by atoms with Crippen molar-refractivity contribution < 1.29 is 14.4 Å². The lowest BCUT2D eigenvalue weighted by Gasteiger charge is -2.22. The zero-order valence-corrected chi connectivity index (χ0v) is 18.2. The number of rotatable bonds is 5. The summed E-state index contributed by atoms with van der Waals surface area (Å²) in [6, 6.07) is 11.9. The Bertz CT molecular complexity index is 1200. The van der Waals surface area contributed by atoms with Gasteiger partial charge in [0.25, 0.3) is 11.8 Å². The van der Waals surface area contributed by atoms with Crippen molar-refractivity contribution in [3.8, 4) is 0 Å². The van der Waals surface area contributed by atoms with E-state index in [1.165, 1.54) is 6.42 Å². The summed E-state index contributed by atoms with van der Waals surface area (Å²) in [6.07, 6.45) is 5.50. The van der Waals surface area contributed by atoms with Crippen LogP contribution < -0.4 is 4.90 Å². The molecule has 3 heterocycles. The second-order valence-corrected chi connectivity index (χ2v) is 8.17. The first-order chi connectivity index (χ1) is 16.1. The van der Waals surface area contributed by atoms with Gasteiger partial charge in [-0.2, -0.15) is 4.68 Å². The Morgan fingerprint density at radius 3 is 2.42 bits per heavy atom. The number of carbonyl (C=O) groups is 2. The van der Waals surface area contributed by atoms with Crippen molar-refractivity contribution in [3.63, 3.8) is 0 Å². The number of aromatic nitrogens is 5. The van der Waals surface area contributed by atoms with Gasteiger partial charge in [-0.25, -0.2) is 9.88 Å². The summed E-state index contributed by atoms with van der Waals surface area (Å²) in [5.74, 6) is 1.05. The van der Waals surface area contributed by atoms with E-state index in [0.717, 1.165) is 30.6 Å². The van der Waals surface area contributed by atoms with Crippen LogP contribution in [0.25, 0.3) is 0 Å². The first-order valence-corrected chi connectivity index (χ1v) is 11.0. The van der Waals surface area contributed by atoms with E-state index >= 15 is 0 Å². The van der Waals surface area contributed by atoms with Gasteiger partial charge < -0.3 is 4.84 Å². The van der Waals surface area contributed by atoms with E-state index < -0.39 is 0 Å². The fourth-order valence-electron chi connectivity index (χ4n) is 4.32. The summed E-state index contributed by atoms with van der Waals surface area (Å²) in [7, 11) is 0. The second kappa shape index (κ2) is 8.89. The molecule has 1 fully saturated rings. The molecule has 3 aromatic rings. The van der Waals surface area contributed by atoms with Gasteiger partial charge in [-0.05, 0) is 54.5 Å². The molecule has 2 amide bonds. The molecule has 10 nitrogen and oxygen atoms in total. The van der Waals surface area contributed by atoms with E-state index in [9.17, 15) is 9.59 Å². The van der Waals surface area contributed by atoms with Gasteiger partial charge in [-0.3, -0.25) is 9.59 Å². The maximum Gasteiger partial charge on any atom is 0.267 e. The molecule has 0 radical (unpaired) electrons. The number of hydrogen-bond donors (Lipinski definition) is 0. The van der Waals surface area contributed by atoms with Crippen LogP contribution in [0.15, 0.2) is 47.6 Å². The number of nitrogens with zero attached hydrogens (tertiary/aromatic N) is 7. The second-order valence-electron chi connectivity index (χ2n) is 8.17. The minimum absolute atomic E-state index is 0.0778. The average molecular weight is 445 g/mol. The van der Waals surface area contributed by atoms with Crippen molar-refractivity contribution >= 4 is 23.5 Å². The number of hydrogen-bond acceptors (Lipinski definition) is 8. The molecule has 168 valence electrons. The van der Waals surface area contributed by atoms with E-state index in [0.29, 0.717) is 28.5 Å². The van der Waals surface area contributed by atoms with Crippen LogP contribution >= 0.6 is 0 Å². The molecule has 0 N–H and O–H groups in total. The number of carbonyl (C=O) groups excluding carboxylic acids is 2. The van der Waals surface area contributed by atoms with Crippen molar-refractivity contribution in [2.45, 2.75) is 45.6 Å². The van der Waals surface area contributed by atoms with Gasteiger partial charge in [0.05, 0.1) is 16.8 Å². The minimum atomic E-state index is -0.382. The van der Waals surface area contributed by atoms with Crippen LogP contribution in [0.5, 0.6) is 0 Å². The molecule has 0 saturated heterocycles. The van der Waals surface area contributed by atoms with Crippen molar-refractivity contribution in [1.29, 1.82) is 0 Å². The Labute approximate surface area is 190 Å². The summed E-state index contributed by atoms with van der Waals surface area (Å²) in [5.41, 5.74) is 1.30. The SMILES string of the molecule is Cc1nnnn1/C(=N/OCc1cccc(N2C(=O)c3ccccc3C2=O)n1)C1CCCCC1. The first-order valence-electron chi connectivity index (χ1n) is 11.0. The maximum atomic E-state index is 12.8. The Morgan fingerprint density at radius 1 is 1.03 bits per heavy atom. The standard InChI is InChI=1S/C23H23N7O3/c1-15-25-27-28-30(15)21(16-8-3-2-4-9-16)26-33-14-17-10-7-13-20(24-17)29-22(31)18-11-5-6-12-19(18)23(29)32/h5-7,10-13,16H,2-4,8-9,14H2,1H3/b26-21+. The lowest BCUT2D eigenvalue weighted by molar-refractivity contribution is 0.0924. The third kappa shape index (κ3) is 3.99. The normalized spacial score (nSPS) is 16.9. The summed E-state index contributed by atoms with van der Waals surface area (Å²) in [5, 5.41) is 16.2. The molecule has 0 unspecified atom stereocenters. The number of pyridine rings is 1. The van der Waals surface area contributed by atoms with Gasteiger partial charge in [-0.1, -0.05) is 42.6 Å². The third-order valence-electron chi connectivity index (χ3n) is 6.00. The number of aryl methyl sites for hydroxylation is 1. The average Bonchev–Trinajstić information content (AvgIpc) is 3.38. The van der Waals surface area contributed by atoms with E-state index in [1.54, 1.807) is 47.1 Å². The van der Waals surface area contributed by atoms with E-state index in [2.05, 4.69) is 25.7 Å². The lowest BCUT2D eigenvalue weighted by atomic mass is 9.88. The van der Waals surface area contributed by atoms with Crippen LogP contribution in [0.2, 0.25) is 0 Å². The topological polar surface area (TPSA) is 115 Å². The quantitative estimate of drug-likeness (QED) is 0.256. The van der Waals surface area contributed by atoms with Crippen LogP contribution in [0.3, 0.4) is 0 Å². The predicted molar refractivity (Wildman–Crippen MR) is 119 cm³/mol. The van der Waals surface area contributed by atoms with E-state index in [-0.39, 0.29) is 30.2 Å². The molecule has 0 atom stereocenters. The largest absolute Gasteiger partial charge is 0.388 e. The predicted octanol–water partition coefficient (Wildman–Crippen LogP) is 3.14. The highest BCUT2D eigenvalue weighted by Gasteiger charge is 2.37. The highest BCUT2D eigenvalue weighted by molar-refractivity contribution is 6.34. The molecular weight excluding hydrogens is 422 g/mol. The maximum absolute atomic E-state index is 12.8. The van der Waals surface area contributed by atoms with Gasteiger partial charge in [0.2, 0.25) is 0 Å². The molecule has 10 heteroatoms. The molecule has 2 aliphatic rings. The van der Waals surface area contributed by atoms with Crippen molar-refractivity contribution in [3.05, 3.63) is 65.1 Å². The Balaban J connectivity index is 1.35. The van der Waals surface area contributed by atoms with Crippen LogP contribution in [0, 0.1) is 12.8 Å². The molecule has 2 aromatic heterocycles. The van der Waals surface area contributed by atoms with Crippen molar-refractivity contribution in [2.24, 2.45) is 11.1 Å². The molecular formula is C23H23N7O3. The van der Waals surface area contributed by atoms with E-state index in [4.69, 9.17) is 4.84 Å². The summed E-state index contributed by atoms with van der Waals surface area (Å²) in [4.78, 5) is 36.7. The molecule has 1 aliphatic heterocycles. The number of tetrazole rings is 1. The Kier molecular flexibility index (Phi) is 5.64. The molecule has 1 saturated carbocycles. The van der Waals surface area contributed by atoms with Gasteiger partial charge in [0.1, 0.15) is 5.82 Å². The zero-order chi connectivity index (χ0) is 22.8. The van der Waals surface area contributed by atoms with Crippen LogP contribution in [0.4, 0.5) is 5.82 Å². The van der Waals surface area contributed by atoms with Gasteiger partial charge in [0, 0.05) is 5.92 Å². The van der Waals surface area contributed by atoms with Gasteiger partial charge >= 0.3 is 0 Å².